The minimum Gasteiger partial charge on any atom is -0.393 e. The van der Waals surface area contributed by atoms with Crippen molar-refractivity contribution in [2.24, 2.45) is 5.73 Å². The number of carbonyl (C=O) groups is 1. The van der Waals surface area contributed by atoms with Crippen LogP contribution in [0.1, 0.15) is 26.7 Å². The van der Waals surface area contributed by atoms with Crippen LogP contribution in [0.15, 0.2) is 0 Å². The first-order chi connectivity index (χ1) is 8.88. The topological polar surface area (TPSA) is 49.6 Å². The van der Waals surface area contributed by atoms with Crippen molar-refractivity contribution in [2.45, 2.75) is 37.2 Å². The minimum atomic E-state index is 0.176. The molecule has 0 aromatic rings. The lowest BCUT2D eigenvalue weighted by atomic mass is 10.2. The van der Waals surface area contributed by atoms with Crippen LogP contribution in [0.2, 0.25) is 0 Å². The van der Waals surface area contributed by atoms with Gasteiger partial charge in [0.2, 0.25) is 5.91 Å². The van der Waals surface area contributed by atoms with Gasteiger partial charge in [-0.3, -0.25) is 4.79 Å². The lowest BCUT2D eigenvalue weighted by molar-refractivity contribution is -0.130. The van der Waals surface area contributed by atoms with Gasteiger partial charge in [-0.15, -0.1) is 0 Å². The molecule has 4 nitrogen and oxygen atoms in total. The van der Waals surface area contributed by atoms with Gasteiger partial charge in [-0.05, 0) is 0 Å². The van der Waals surface area contributed by atoms with Crippen molar-refractivity contribution >= 4 is 34.9 Å². The number of rotatable bonds is 6. The van der Waals surface area contributed by atoms with Gasteiger partial charge in [-0.25, -0.2) is 0 Å². The molecule has 6 heteroatoms. The van der Waals surface area contributed by atoms with E-state index in [4.69, 9.17) is 18.0 Å². The highest BCUT2D eigenvalue weighted by molar-refractivity contribution is 8.00. The van der Waals surface area contributed by atoms with Gasteiger partial charge in [0.05, 0.1) is 4.99 Å². The van der Waals surface area contributed by atoms with Crippen molar-refractivity contribution in [1.29, 1.82) is 0 Å². The molecule has 2 atom stereocenters. The van der Waals surface area contributed by atoms with Gasteiger partial charge >= 0.3 is 0 Å². The number of thioether (sulfide) groups is 1. The number of thiocarbonyl (C=S) groups is 1. The van der Waals surface area contributed by atoms with Crippen molar-refractivity contribution in [3.8, 4) is 0 Å². The lowest BCUT2D eigenvalue weighted by Crippen LogP contribution is -2.42. The van der Waals surface area contributed by atoms with Crippen LogP contribution < -0.4 is 5.73 Å². The predicted molar refractivity (Wildman–Crippen MR) is 86.6 cm³/mol. The Kier molecular flexibility index (Phi) is 7.10. The van der Waals surface area contributed by atoms with Crippen LogP contribution in [0.4, 0.5) is 0 Å². The van der Waals surface area contributed by atoms with Crippen molar-refractivity contribution in [2.75, 3.05) is 33.2 Å². The Morgan fingerprint density at radius 1 is 1.37 bits per heavy atom. The second kappa shape index (κ2) is 8.07. The summed E-state index contributed by atoms with van der Waals surface area (Å²) in [5, 5.41) is 1.32. The number of amides is 1. The molecule has 0 radical (unpaired) electrons. The highest BCUT2D eigenvalue weighted by atomic mass is 32.2. The molecule has 1 aliphatic heterocycles. The molecule has 1 amide bonds. The Bertz CT molecular complexity index is 315. The second-order valence-corrected chi connectivity index (χ2v) is 7.70. The van der Waals surface area contributed by atoms with E-state index in [1.165, 1.54) is 0 Å². The fourth-order valence-corrected chi connectivity index (χ4v) is 3.79. The highest BCUT2D eigenvalue weighted by Crippen LogP contribution is 2.24. The SMILES string of the molecule is CC1CN(CCC(=O)N(C)CCC(N)=S)CC(C)S1. The number of nitrogens with zero attached hydrogens (tertiary/aromatic N) is 2. The summed E-state index contributed by atoms with van der Waals surface area (Å²) < 4.78 is 0. The summed E-state index contributed by atoms with van der Waals surface area (Å²) in [6, 6.07) is 0. The van der Waals surface area contributed by atoms with Crippen LogP contribution in [-0.2, 0) is 4.79 Å². The fraction of sp³-hybridized carbons (Fsp3) is 0.846. The number of carbonyl (C=O) groups excluding carboxylic acids is 1. The van der Waals surface area contributed by atoms with Crippen LogP contribution in [0.5, 0.6) is 0 Å². The Morgan fingerprint density at radius 3 is 2.47 bits per heavy atom. The number of hydrogen-bond donors (Lipinski definition) is 1. The van der Waals surface area contributed by atoms with Crippen LogP contribution in [-0.4, -0.2) is 64.4 Å². The number of hydrogen-bond acceptors (Lipinski definition) is 4. The van der Waals surface area contributed by atoms with E-state index in [0.29, 0.717) is 34.9 Å². The standard InChI is InChI=1S/C13H25N3OS2/c1-10-8-16(9-11(2)19-10)7-5-13(17)15(3)6-4-12(14)18/h10-11H,4-9H2,1-3H3,(H2,14,18). The molecular weight excluding hydrogens is 278 g/mol. The Balaban J connectivity index is 2.27. The van der Waals surface area contributed by atoms with Gasteiger partial charge in [0.25, 0.3) is 0 Å². The summed E-state index contributed by atoms with van der Waals surface area (Å²) in [5.74, 6) is 0.176. The average Bonchev–Trinajstić information content (AvgIpc) is 2.31. The molecule has 2 N–H and O–H groups in total. The normalized spacial score (nSPS) is 24.2. The molecule has 0 spiro atoms. The van der Waals surface area contributed by atoms with Crippen molar-refractivity contribution in [1.82, 2.24) is 9.80 Å². The molecule has 0 aromatic heterocycles. The van der Waals surface area contributed by atoms with Gasteiger partial charge in [0.1, 0.15) is 0 Å². The molecule has 0 aliphatic carbocycles. The van der Waals surface area contributed by atoms with Crippen molar-refractivity contribution < 1.29 is 4.79 Å². The van der Waals surface area contributed by atoms with Crippen LogP contribution in [0.3, 0.4) is 0 Å². The molecule has 0 aromatic carbocycles. The third kappa shape index (κ3) is 6.58. The van der Waals surface area contributed by atoms with E-state index in [1.54, 1.807) is 4.90 Å². The van der Waals surface area contributed by atoms with Crippen LogP contribution >= 0.6 is 24.0 Å². The monoisotopic (exact) mass is 303 g/mol. The van der Waals surface area contributed by atoms with Gasteiger partial charge < -0.3 is 15.5 Å². The second-order valence-electron chi connectivity index (χ2n) is 5.30. The molecule has 1 aliphatic rings. The quantitative estimate of drug-likeness (QED) is 0.750. The molecule has 1 saturated heterocycles. The molecular formula is C13H25N3OS2. The molecule has 0 bridgehead atoms. The molecule has 110 valence electrons. The van der Waals surface area contributed by atoms with Crippen LogP contribution in [0.25, 0.3) is 0 Å². The summed E-state index contributed by atoms with van der Waals surface area (Å²) in [4.78, 5) is 16.6. The molecule has 1 rings (SSSR count). The molecule has 1 fully saturated rings. The summed E-state index contributed by atoms with van der Waals surface area (Å²) in [6.07, 6.45) is 1.18. The maximum Gasteiger partial charge on any atom is 0.223 e. The number of nitrogens with two attached hydrogens (primary N) is 1. The van der Waals surface area contributed by atoms with E-state index < -0.39 is 0 Å². The van der Waals surface area contributed by atoms with E-state index >= 15 is 0 Å². The zero-order chi connectivity index (χ0) is 14.4. The first-order valence-electron chi connectivity index (χ1n) is 6.78. The summed E-state index contributed by atoms with van der Waals surface area (Å²) in [5.41, 5.74) is 5.45. The first kappa shape index (κ1) is 16.7. The van der Waals surface area contributed by atoms with Crippen molar-refractivity contribution in [3.05, 3.63) is 0 Å². The maximum atomic E-state index is 12.0. The smallest absolute Gasteiger partial charge is 0.223 e. The minimum absolute atomic E-state index is 0.176. The van der Waals surface area contributed by atoms with Crippen LogP contribution in [0, 0.1) is 0 Å². The van der Waals surface area contributed by atoms with E-state index in [9.17, 15) is 4.79 Å². The van der Waals surface area contributed by atoms with Gasteiger partial charge in [-0.1, -0.05) is 26.1 Å². The van der Waals surface area contributed by atoms with E-state index in [-0.39, 0.29) is 5.91 Å². The highest BCUT2D eigenvalue weighted by Gasteiger charge is 2.22. The Hall–Kier alpha value is -0.330. The zero-order valence-corrected chi connectivity index (χ0v) is 13.7. The van der Waals surface area contributed by atoms with Gasteiger partial charge in [-0.2, -0.15) is 11.8 Å². The first-order valence-corrected chi connectivity index (χ1v) is 8.13. The zero-order valence-electron chi connectivity index (χ0n) is 12.1. The summed E-state index contributed by atoms with van der Waals surface area (Å²) >= 11 is 6.85. The van der Waals surface area contributed by atoms with E-state index in [0.717, 1.165) is 19.6 Å². The Labute approximate surface area is 126 Å². The third-order valence-electron chi connectivity index (χ3n) is 3.26. The van der Waals surface area contributed by atoms with E-state index in [1.807, 2.05) is 18.8 Å². The van der Waals surface area contributed by atoms with Gasteiger partial charge in [0.15, 0.2) is 0 Å². The predicted octanol–water partition coefficient (Wildman–Crippen LogP) is 1.34. The summed E-state index contributed by atoms with van der Waals surface area (Å²) in [6.45, 7) is 8.15. The third-order valence-corrected chi connectivity index (χ3v) is 4.69. The molecule has 0 saturated carbocycles. The largest absolute Gasteiger partial charge is 0.393 e. The maximum absolute atomic E-state index is 12.0. The molecule has 2 unspecified atom stereocenters. The summed E-state index contributed by atoms with van der Waals surface area (Å²) in [7, 11) is 1.82. The fourth-order valence-electron chi connectivity index (χ4n) is 2.31. The van der Waals surface area contributed by atoms with E-state index in [2.05, 4.69) is 18.7 Å². The molecule has 19 heavy (non-hydrogen) atoms. The Morgan fingerprint density at radius 2 is 1.95 bits per heavy atom. The van der Waals surface area contributed by atoms with Gasteiger partial charge in [0, 0.05) is 56.6 Å². The average molecular weight is 303 g/mol. The lowest BCUT2D eigenvalue weighted by Gasteiger charge is -2.34. The van der Waals surface area contributed by atoms with Crippen molar-refractivity contribution in [3.63, 3.8) is 0 Å². The molecule has 1 heterocycles.